The topological polar surface area (TPSA) is 47.9 Å². The Hall–Kier alpha value is -1.53. The number of rotatable bonds is 4. The lowest BCUT2D eigenvalue weighted by Gasteiger charge is -2.23. The van der Waals surface area contributed by atoms with Crippen molar-refractivity contribution in [3.63, 3.8) is 0 Å². The van der Waals surface area contributed by atoms with E-state index in [1.54, 1.807) is 0 Å². The number of hydrogen-bond acceptors (Lipinski definition) is 3. The first-order valence-corrected chi connectivity index (χ1v) is 6.29. The van der Waals surface area contributed by atoms with Crippen LogP contribution in [0.1, 0.15) is 18.4 Å². The zero-order valence-corrected chi connectivity index (χ0v) is 10.1. The number of benzene rings is 1. The molecule has 1 unspecified atom stereocenters. The summed E-state index contributed by atoms with van der Waals surface area (Å²) in [5.41, 5.74) is 2.23. The number of hydrogen-bond donors (Lipinski definition) is 2. The van der Waals surface area contributed by atoms with Gasteiger partial charge >= 0.3 is 0 Å². The molecule has 1 aromatic rings. The summed E-state index contributed by atoms with van der Waals surface area (Å²) in [7, 11) is 0. The lowest BCUT2D eigenvalue weighted by molar-refractivity contribution is 0.393. The molecule has 0 spiro atoms. The summed E-state index contributed by atoms with van der Waals surface area (Å²) < 4.78 is 0. The van der Waals surface area contributed by atoms with Crippen LogP contribution < -0.4 is 10.6 Å². The van der Waals surface area contributed by atoms with Gasteiger partial charge in [0.05, 0.1) is 12.5 Å². The minimum absolute atomic E-state index is 0.493. The van der Waals surface area contributed by atoms with E-state index in [-0.39, 0.29) is 0 Å². The van der Waals surface area contributed by atoms with Crippen LogP contribution in [0.15, 0.2) is 24.3 Å². The fourth-order valence-electron chi connectivity index (χ4n) is 2.19. The van der Waals surface area contributed by atoms with Crippen molar-refractivity contribution in [2.75, 3.05) is 25.0 Å². The number of anilines is 1. The molecule has 1 aliphatic rings. The van der Waals surface area contributed by atoms with E-state index in [9.17, 15) is 0 Å². The highest BCUT2D eigenvalue weighted by molar-refractivity contribution is 5.45. The normalized spacial score (nSPS) is 19.6. The molecule has 0 aliphatic carbocycles. The Bertz CT molecular complexity index is 371. The van der Waals surface area contributed by atoms with Crippen molar-refractivity contribution in [1.29, 1.82) is 5.26 Å². The van der Waals surface area contributed by atoms with Crippen LogP contribution in [0.5, 0.6) is 0 Å². The fraction of sp³-hybridized carbons (Fsp3) is 0.500. The van der Waals surface area contributed by atoms with Crippen molar-refractivity contribution < 1.29 is 0 Å². The summed E-state index contributed by atoms with van der Waals surface area (Å²) >= 11 is 0. The molecule has 2 rings (SSSR count). The third-order valence-corrected chi connectivity index (χ3v) is 3.23. The summed E-state index contributed by atoms with van der Waals surface area (Å²) in [5, 5.41) is 15.5. The Morgan fingerprint density at radius 2 is 2.18 bits per heavy atom. The van der Waals surface area contributed by atoms with Gasteiger partial charge in [-0.05, 0) is 49.5 Å². The van der Waals surface area contributed by atoms with Gasteiger partial charge in [-0.2, -0.15) is 5.26 Å². The minimum atomic E-state index is 0.493. The van der Waals surface area contributed by atoms with Crippen LogP contribution in [-0.4, -0.2) is 19.6 Å². The molecule has 1 saturated heterocycles. The standard InChI is InChI=1S/C14H19N3/c15-8-7-12-3-5-14(6-4-12)17-11-13-2-1-9-16-10-13/h3-6,13,16-17H,1-2,7,9-11H2. The molecule has 0 aromatic heterocycles. The van der Waals surface area contributed by atoms with Crippen molar-refractivity contribution in [2.24, 2.45) is 5.92 Å². The lowest BCUT2D eigenvalue weighted by atomic mass is 9.99. The van der Waals surface area contributed by atoms with Crippen LogP contribution in [-0.2, 0) is 6.42 Å². The molecule has 17 heavy (non-hydrogen) atoms. The third-order valence-electron chi connectivity index (χ3n) is 3.23. The highest BCUT2D eigenvalue weighted by Crippen LogP contribution is 2.13. The molecule has 0 amide bonds. The maximum absolute atomic E-state index is 8.59. The quantitative estimate of drug-likeness (QED) is 0.831. The van der Waals surface area contributed by atoms with Crippen LogP contribution in [0.2, 0.25) is 0 Å². The highest BCUT2D eigenvalue weighted by Gasteiger charge is 2.11. The van der Waals surface area contributed by atoms with Crippen LogP contribution in [0.25, 0.3) is 0 Å². The Kier molecular flexibility index (Phi) is 4.40. The third kappa shape index (κ3) is 3.76. The summed E-state index contributed by atoms with van der Waals surface area (Å²) in [6, 6.07) is 10.3. The molecule has 1 heterocycles. The summed E-state index contributed by atoms with van der Waals surface area (Å²) in [4.78, 5) is 0. The number of piperidine rings is 1. The van der Waals surface area contributed by atoms with E-state index in [2.05, 4.69) is 28.8 Å². The zero-order valence-electron chi connectivity index (χ0n) is 10.1. The van der Waals surface area contributed by atoms with Crippen LogP contribution in [0, 0.1) is 17.2 Å². The van der Waals surface area contributed by atoms with Crippen LogP contribution >= 0.6 is 0 Å². The first kappa shape index (κ1) is 11.9. The van der Waals surface area contributed by atoms with E-state index < -0.39 is 0 Å². The fourth-order valence-corrected chi connectivity index (χ4v) is 2.19. The largest absolute Gasteiger partial charge is 0.385 e. The van der Waals surface area contributed by atoms with E-state index in [4.69, 9.17) is 5.26 Å². The van der Waals surface area contributed by atoms with Gasteiger partial charge in [0.1, 0.15) is 0 Å². The first-order chi connectivity index (χ1) is 8.38. The van der Waals surface area contributed by atoms with Gasteiger partial charge in [-0.25, -0.2) is 0 Å². The molecule has 0 saturated carbocycles. The van der Waals surface area contributed by atoms with Crippen molar-refractivity contribution in [3.05, 3.63) is 29.8 Å². The maximum Gasteiger partial charge on any atom is 0.0669 e. The molecule has 1 aliphatic heterocycles. The summed E-state index contributed by atoms with van der Waals surface area (Å²) in [6.45, 7) is 3.32. The van der Waals surface area contributed by atoms with Gasteiger partial charge in [0, 0.05) is 12.2 Å². The molecule has 1 aromatic carbocycles. The Labute approximate surface area is 103 Å². The van der Waals surface area contributed by atoms with Gasteiger partial charge in [-0.1, -0.05) is 12.1 Å². The summed E-state index contributed by atoms with van der Waals surface area (Å²) in [6.07, 6.45) is 3.09. The molecule has 0 bridgehead atoms. The molecule has 1 fully saturated rings. The Morgan fingerprint density at radius 1 is 1.35 bits per heavy atom. The van der Waals surface area contributed by atoms with Gasteiger partial charge in [0.15, 0.2) is 0 Å². The van der Waals surface area contributed by atoms with Crippen molar-refractivity contribution >= 4 is 5.69 Å². The van der Waals surface area contributed by atoms with E-state index in [0.29, 0.717) is 6.42 Å². The van der Waals surface area contributed by atoms with E-state index in [0.717, 1.165) is 30.3 Å². The SMILES string of the molecule is N#CCc1ccc(NCC2CCCNC2)cc1. The van der Waals surface area contributed by atoms with Gasteiger partial charge in [-0.3, -0.25) is 0 Å². The molecule has 1 atom stereocenters. The van der Waals surface area contributed by atoms with Crippen LogP contribution in [0.4, 0.5) is 5.69 Å². The number of nitrogens with zero attached hydrogens (tertiary/aromatic N) is 1. The van der Waals surface area contributed by atoms with Crippen molar-refractivity contribution in [3.8, 4) is 6.07 Å². The highest BCUT2D eigenvalue weighted by atomic mass is 14.9. The molecule has 3 heteroatoms. The second-order valence-corrected chi connectivity index (χ2v) is 4.63. The van der Waals surface area contributed by atoms with Crippen LogP contribution in [0.3, 0.4) is 0 Å². The molecular weight excluding hydrogens is 210 g/mol. The van der Waals surface area contributed by atoms with Gasteiger partial charge in [-0.15, -0.1) is 0 Å². The number of nitriles is 1. The Balaban J connectivity index is 1.80. The predicted octanol–water partition coefficient (Wildman–Crippen LogP) is 2.16. The van der Waals surface area contributed by atoms with Crippen molar-refractivity contribution in [2.45, 2.75) is 19.3 Å². The predicted molar refractivity (Wildman–Crippen MR) is 69.8 cm³/mol. The average Bonchev–Trinajstić information content (AvgIpc) is 2.40. The summed E-state index contributed by atoms with van der Waals surface area (Å²) in [5.74, 6) is 0.738. The molecule has 3 nitrogen and oxygen atoms in total. The average molecular weight is 229 g/mol. The van der Waals surface area contributed by atoms with Crippen molar-refractivity contribution in [1.82, 2.24) is 5.32 Å². The molecule has 90 valence electrons. The smallest absolute Gasteiger partial charge is 0.0669 e. The molecule has 0 radical (unpaired) electrons. The molecular formula is C14H19N3. The Morgan fingerprint density at radius 3 is 2.82 bits per heavy atom. The molecule has 2 N–H and O–H groups in total. The van der Waals surface area contributed by atoms with E-state index in [1.807, 2.05) is 12.1 Å². The van der Waals surface area contributed by atoms with E-state index in [1.165, 1.54) is 19.4 Å². The number of nitrogens with one attached hydrogen (secondary N) is 2. The lowest BCUT2D eigenvalue weighted by Crippen LogP contribution is -2.33. The zero-order chi connectivity index (χ0) is 11.9. The maximum atomic E-state index is 8.59. The minimum Gasteiger partial charge on any atom is -0.385 e. The monoisotopic (exact) mass is 229 g/mol. The van der Waals surface area contributed by atoms with Gasteiger partial charge < -0.3 is 10.6 Å². The second kappa shape index (κ2) is 6.27. The second-order valence-electron chi connectivity index (χ2n) is 4.63. The first-order valence-electron chi connectivity index (χ1n) is 6.29. The van der Waals surface area contributed by atoms with Gasteiger partial charge in [0.25, 0.3) is 0 Å². The van der Waals surface area contributed by atoms with E-state index >= 15 is 0 Å². The van der Waals surface area contributed by atoms with Gasteiger partial charge in [0.2, 0.25) is 0 Å².